The molecule has 3 rings (SSSR count). The Morgan fingerprint density at radius 1 is 1.07 bits per heavy atom. The Morgan fingerprint density at radius 3 is 2.04 bits per heavy atom. The quantitative estimate of drug-likeness (QED) is 0.706. The first-order chi connectivity index (χ1) is 12.7. The number of nitrogens with zero attached hydrogens (tertiary/aromatic N) is 1. The molecule has 148 valence electrons. The van der Waals surface area contributed by atoms with E-state index in [1.807, 2.05) is 0 Å². The molecule has 0 spiro atoms. The number of carbonyl (C=O) groups excluding carboxylic acids is 2. The number of amides is 2. The van der Waals surface area contributed by atoms with E-state index in [9.17, 15) is 18.0 Å². The van der Waals surface area contributed by atoms with Crippen molar-refractivity contribution in [2.24, 2.45) is 11.8 Å². The Balaban J connectivity index is 1.65. The predicted molar refractivity (Wildman–Crippen MR) is 103 cm³/mol. The molecule has 0 aliphatic heterocycles. The van der Waals surface area contributed by atoms with Crippen LogP contribution < -0.4 is 10.0 Å². The van der Waals surface area contributed by atoms with Gasteiger partial charge in [0.1, 0.15) is 0 Å². The molecular formula is C19H27N3O4S. The fourth-order valence-corrected chi connectivity index (χ4v) is 4.81. The molecule has 0 saturated heterocycles. The van der Waals surface area contributed by atoms with Crippen LogP contribution in [0, 0.1) is 11.8 Å². The van der Waals surface area contributed by atoms with Crippen LogP contribution in [0.4, 0.5) is 5.69 Å². The minimum absolute atomic E-state index is 0.0554. The summed E-state index contributed by atoms with van der Waals surface area (Å²) in [5, 5.41) is 2.59. The fourth-order valence-electron chi connectivity index (χ4n) is 3.62. The molecule has 2 N–H and O–H groups in total. The smallest absolute Gasteiger partial charge is 0.241 e. The number of sulfonamides is 1. The third kappa shape index (κ3) is 4.87. The molecule has 0 aromatic heterocycles. The van der Waals surface area contributed by atoms with Gasteiger partial charge in [-0.15, -0.1) is 0 Å². The molecule has 27 heavy (non-hydrogen) atoms. The molecule has 2 amide bonds. The van der Waals surface area contributed by atoms with E-state index in [0.29, 0.717) is 17.5 Å². The van der Waals surface area contributed by atoms with E-state index in [0.717, 1.165) is 25.7 Å². The van der Waals surface area contributed by atoms with Gasteiger partial charge in [0, 0.05) is 25.7 Å². The van der Waals surface area contributed by atoms with Crippen molar-refractivity contribution >= 4 is 27.5 Å². The molecule has 0 heterocycles. The molecule has 2 aliphatic carbocycles. The molecule has 0 radical (unpaired) electrons. The monoisotopic (exact) mass is 393 g/mol. The highest BCUT2D eigenvalue weighted by atomic mass is 32.2. The van der Waals surface area contributed by atoms with E-state index in [1.165, 1.54) is 31.2 Å². The maximum atomic E-state index is 12.8. The summed E-state index contributed by atoms with van der Waals surface area (Å²) in [6.07, 6.45) is 4.61. The largest absolute Gasteiger partial charge is 0.341 e. The van der Waals surface area contributed by atoms with Crippen LogP contribution in [0.5, 0.6) is 0 Å². The molecule has 1 aromatic carbocycles. The van der Waals surface area contributed by atoms with E-state index in [-0.39, 0.29) is 22.8 Å². The molecule has 2 aliphatic rings. The number of anilines is 1. The standard InChI is InChI=1S/C19H27N3O4S/c1-12(19(24)22(3)18(14-4-5-14)15-6-7-15)21-27(25,26)17-10-8-16(9-11-17)20-13(2)23/h8-12,14-15,18,21H,4-7H2,1-3H3,(H,20,23)/t12-/m0/s1. The normalized spacial score (nSPS) is 18.2. The van der Waals surface area contributed by atoms with Gasteiger partial charge in [-0.1, -0.05) is 0 Å². The number of hydrogen-bond acceptors (Lipinski definition) is 4. The zero-order valence-electron chi connectivity index (χ0n) is 15.9. The van der Waals surface area contributed by atoms with Crippen LogP contribution in [0.3, 0.4) is 0 Å². The molecular weight excluding hydrogens is 366 g/mol. The van der Waals surface area contributed by atoms with Crippen molar-refractivity contribution in [3.8, 4) is 0 Å². The van der Waals surface area contributed by atoms with Crippen LogP contribution >= 0.6 is 0 Å². The minimum Gasteiger partial charge on any atom is -0.341 e. The first-order valence-corrected chi connectivity index (χ1v) is 10.8. The SMILES string of the molecule is CC(=O)Nc1ccc(S(=O)(=O)N[C@@H](C)C(=O)N(C)C(C2CC2)C2CC2)cc1. The van der Waals surface area contributed by atoms with Gasteiger partial charge in [-0.25, -0.2) is 8.42 Å². The molecule has 1 aromatic rings. The van der Waals surface area contributed by atoms with Crippen LogP contribution in [0.15, 0.2) is 29.2 Å². The van der Waals surface area contributed by atoms with Gasteiger partial charge in [0.15, 0.2) is 0 Å². The number of likely N-dealkylation sites (N-methyl/N-ethyl adjacent to an activating group) is 1. The van der Waals surface area contributed by atoms with Crippen LogP contribution in [0.2, 0.25) is 0 Å². The number of hydrogen-bond donors (Lipinski definition) is 2. The van der Waals surface area contributed by atoms with Crippen molar-refractivity contribution in [1.82, 2.24) is 9.62 Å². The van der Waals surface area contributed by atoms with Crippen molar-refractivity contribution in [3.63, 3.8) is 0 Å². The zero-order valence-corrected chi connectivity index (χ0v) is 16.8. The van der Waals surface area contributed by atoms with Crippen molar-refractivity contribution in [2.75, 3.05) is 12.4 Å². The van der Waals surface area contributed by atoms with Crippen LogP contribution in [0.25, 0.3) is 0 Å². The van der Waals surface area contributed by atoms with Gasteiger partial charge in [0.05, 0.1) is 10.9 Å². The molecule has 2 saturated carbocycles. The predicted octanol–water partition coefficient (Wildman–Crippen LogP) is 1.96. The summed E-state index contributed by atoms with van der Waals surface area (Å²) in [6.45, 7) is 2.96. The second-order valence-electron chi connectivity index (χ2n) is 7.66. The topological polar surface area (TPSA) is 95.6 Å². The third-order valence-electron chi connectivity index (χ3n) is 5.19. The van der Waals surface area contributed by atoms with Crippen molar-refractivity contribution < 1.29 is 18.0 Å². The number of rotatable bonds is 8. The van der Waals surface area contributed by atoms with Crippen LogP contribution in [-0.2, 0) is 19.6 Å². The molecule has 1 atom stereocenters. The highest BCUT2D eigenvalue weighted by molar-refractivity contribution is 7.89. The van der Waals surface area contributed by atoms with E-state index in [2.05, 4.69) is 10.0 Å². The summed E-state index contributed by atoms with van der Waals surface area (Å²) < 4.78 is 27.7. The lowest BCUT2D eigenvalue weighted by atomic mass is 10.1. The van der Waals surface area contributed by atoms with E-state index >= 15 is 0 Å². The Kier molecular flexibility index (Phi) is 5.58. The summed E-state index contributed by atoms with van der Waals surface area (Å²) in [5.74, 6) is 0.706. The van der Waals surface area contributed by atoms with Gasteiger partial charge in [-0.05, 0) is 68.7 Å². The third-order valence-corrected chi connectivity index (χ3v) is 6.75. The molecule has 2 fully saturated rings. The van der Waals surface area contributed by atoms with Gasteiger partial charge >= 0.3 is 0 Å². The van der Waals surface area contributed by atoms with Gasteiger partial charge in [-0.2, -0.15) is 4.72 Å². The van der Waals surface area contributed by atoms with Crippen molar-refractivity contribution in [2.45, 2.75) is 56.5 Å². The Morgan fingerprint density at radius 2 is 1.59 bits per heavy atom. The van der Waals surface area contributed by atoms with Gasteiger partial charge in [0.25, 0.3) is 0 Å². The van der Waals surface area contributed by atoms with Crippen LogP contribution in [0.1, 0.15) is 39.5 Å². The van der Waals surface area contributed by atoms with Gasteiger partial charge < -0.3 is 10.2 Å². The van der Waals surface area contributed by atoms with E-state index in [4.69, 9.17) is 0 Å². The summed E-state index contributed by atoms with van der Waals surface area (Å²) in [6, 6.07) is 5.25. The Labute approximate surface area is 160 Å². The highest BCUT2D eigenvalue weighted by Gasteiger charge is 2.45. The summed E-state index contributed by atoms with van der Waals surface area (Å²) in [5.41, 5.74) is 0.516. The summed E-state index contributed by atoms with van der Waals surface area (Å²) in [4.78, 5) is 25.6. The van der Waals surface area contributed by atoms with E-state index in [1.54, 1.807) is 18.9 Å². The minimum atomic E-state index is -3.83. The number of nitrogens with one attached hydrogen (secondary N) is 2. The van der Waals surface area contributed by atoms with Gasteiger partial charge in [0.2, 0.25) is 21.8 Å². The molecule has 0 bridgehead atoms. The fraction of sp³-hybridized carbons (Fsp3) is 0.579. The first-order valence-electron chi connectivity index (χ1n) is 9.35. The average molecular weight is 394 g/mol. The average Bonchev–Trinajstić information content (AvgIpc) is 3.48. The van der Waals surface area contributed by atoms with E-state index < -0.39 is 16.1 Å². The zero-order chi connectivity index (χ0) is 19.8. The Bertz CT molecular complexity index is 802. The number of benzene rings is 1. The molecule has 7 nitrogen and oxygen atoms in total. The van der Waals surface area contributed by atoms with Crippen molar-refractivity contribution in [1.29, 1.82) is 0 Å². The maximum absolute atomic E-state index is 12.8. The first kappa shape index (κ1) is 19.8. The second-order valence-corrected chi connectivity index (χ2v) is 9.38. The summed E-state index contributed by atoms with van der Waals surface area (Å²) in [7, 11) is -2.04. The Hall–Kier alpha value is -1.93. The highest BCUT2D eigenvalue weighted by Crippen LogP contribution is 2.46. The lowest BCUT2D eigenvalue weighted by molar-refractivity contribution is -0.134. The van der Waals surface area contributed by atoms with Crippen molar-refractivity contribution in [3.05, 3.63) is 24.3 Å². The lowest BCUT2D eigenvalue weighted by Gasteiger charge is -2.31. The number of carbonyl (C=O) groups is 2. The van der Waals surface area contributed by atoms with Crippen LogP contribution in [-0.4, -0.2) is 44.3 Å². The maximum Gasteiger partial charge on any atom is 0.241 e. The van der Waals surface area contributed by atoms with Gasteiger partial charge in [-0.3, -0.25) is 9.59 Å². The lowest BCUT2D eigenvalue weighted by Crippen LogP contribution is -2.50. The summed E-state index contributed by atoms with van der Waals surface area (Å²) >= 11 is 0. The second kappa shape index (κ2) is 7.59. The molecule has 8 heteroatoms. The molecule has 0 unspecified atom stereocenters.